The molecule has 1 atom stereocenters. The summed E-state index contributed by atoms with van der Waals surface area (Å²) in [7, 11) is 3.27. The van der Waals surface area contributed by atoms with Crippen molar-refractivity contribution in [2.75, 3.05) is 27.4 Å². The Labute approximate surface area is 193 Å². The maximum Gasteiger partial charge on any atom is 0.265 e. The maximum absolute atomic E-state index is 12.2. The van der Waals surface area contributed by atoms with Gasteiger partial charge in [0, 0.05) is 7.05 Å². The van der Waals surface area contributed by atoms with Crippen molar-refractivity contribution < 1.29 is 19.0 Å². The maximum atomic E-state index is 12.2. The van der Waals surface area contributed by atoms with Gasteiger partial charge in [-0.3, -0.25) is 9.69 Å². The van der Waals surface area contributed by atoms with E-state index in [2.05, 4.69) is 26.0 Å². The van der Waals surface area contributed by atoms with E-state index in [-0.39, 0.29) is 5.91 Å². The number of hydrogen-bond donors (Lipinski definition) is 0. The molecule has 1 unspecified atom stereocenters. The quantitative estimate of drug-likeness (QED) is 0.282. The zero-order valence-corrected chi connectivity index (χ0v) is 19.8. The van der Waals surface area contributed by atoms with Gasteiger partial charge in [-0.1, -0.05) is 56.0 Å². The van der Waals surface area contributed by atoms with E-state index in [1.807, 2.05) is 30.3 Å². The zero-order valence-electron chi connectivity index (χ0n) is 18.2. The van der Waals surface area contributed by atoms with E-state index in [1.54, 1.807) is 20.2 Å². The van der Waals surface area contributed by atoms with Gasteiger partial charge in [0.2, 0.25) is 0 Å². The average Bonchev–Trinajstić information content (AvgIpc) is 3.03. The minimum absolute atomic E-state index is 0.0939. The van der Waals surface area contributed by atoms with E-state index in [9.17, 15) is 4.79 Å². The Morgan fingerprint density at radius 2 is 1.81 bits per heavy atom. The van der Waals surface area contributed by atoms with E-state index < -0.39 is 0 Å². The van der Waals surface area contributed by atoms with E-state index in [0.29, 0.717) is 39.9 Å². The van der Waals surface area contributed by atoms with E-state index in [0.717, 1.165) is 17.7 Å². The Balaban J connectivity index is 1.56. The molecule has 0 saturated carbocycles. The summed E-state index contributed by atoms with van der Waals surface area (Å²) in [6, 6.07) is 13.8. The Morgan fingerprint density at radius 1 is 1.10 bits per heavy atom. The Morgan fingerprint density at radius 3 is 2.42 bits per heavy atom. The fraction of sp³-hybridized carbons (Fsp3) is 0.333. The van der Waals surface area contributed by atoms with Crippen LogP contribution < -0.4 is 14.2 Å². The number of benzene rings is 2. The number of ether oxygens (including phenoxy) is 3. The lowest BCUT2D eigenvalue weighted by Gasteiger charge is -2.13. The normalized spacial score (nSPS) is 16.0. The topological polar surface area (TPSA) is 48.0 Å². The van der Waals surface area contributed by atoms with Crippen LogP contribution in [0.1, 0.15) is 37.3 Å². The standard InChI is InChI=1S/C24H27NO4S2/c1-5-16(2)18-7-9-19(10-8-18)28-12-13-29-20-11-6-17(14-21(20)27-4)15-22-23(26)25(3)24(30)31-22/h6-11,14-16H,5,12-13H2,1-4H3. The lowest BCUT2D eigenvalue weighted by molar-refractivity contribution is -0.121. The number of thioether (sulfide) groups is 1. The van der Waals surface area contributed by atoms with E-state index in [1.165, 1.54) is 22.2 Å². The third-order valence-electron chi connectivity index (χ3n) is 5.14. The van der Waals surface area contributed by atoms with Gasteiger partial charge in [-0.2, -0.15) is 0 Å². The number of hydrogen-bond acceptors (Lipinski definition) is 6. The van der Waals surface area contributed by atoms with Crippen molar-refractivity contribution in [1.82, 2.24) is 4.90 Å². The van der Waals surface area contributed by atoms with Gasteiger partial charge < -0.3 is 14.2 Å². The summed E-state index contributed by atoms with van der Waals surface area (Å²) in [5, 5.41) is 0. The number of rotatable bonds is 9. The van der Waals surface area contributed by atoms with E-state index in [4.69, 9.17) is 26.4 Å². The smallest absolute Gasteiger partial charge is 0.265 e. The fourth-order valence-corrected chi connectivity index (χ4v) is 4.21. The summed E-state index contributed by atoms with van der Waals surface area (Å²) in [5.41, 5.74) is 2.16. The van der Waals surface area contributed by atoms with Crippen molar-refractivity contribution in [3.05, 3.63) is 58.5 Å². The van der Waals surface area contributed by atoms with Crippen LogP contribution in [0.3, 0.4) is 0 Å². The van der Waals surface area contributed by atoms with Crippen molar-refractivity contribution >= 4 is 40.3 Å². The largest absolute Gasteiger partial charge is 0.493 e. The second-order valence-corrected chi connectivity index (χ2v) is 8.90. The van der Waals surface area contributed by atoms with Gasteiger partial charge in [0.05, 0.1) is 12.0 Å². The first-order chi connectivity index (χ1) is 14.9. The molecule has 3 rings (SSSR count). The SMILES string of the molecule is CCC(C)c1ccc(OCCOc2ccc(C=C3SC(=S)N(C)C3=O)cc2OC)cc1. The van der Waals surface area contributed by atoms with Gasteiger partial charge in [0.15, 0.2) is 11.5 Å². The van der Waals surface area contributed by atoms with Gasteiger partial charge in [-0.15, -0.1) is 0 Å². The molecule has 1 amide bonds. The fourth-order valence-electron chi connectivity index (χ4n) is 3.03. The third kappa shape index (κ3) is 5.80. The highest BCUT2D eigenvalue weighted by Crippen LogP contribution is 2.34. The average molecular weight is 458 g/mol. The third-order valence-corrected chi connectivity index (χ3v) is 6.63. The summed E-state index contributed by atoms with van der Waals surface area (Å²) >= 11 is 6.46. The molecule has 1 aliphatic heterocycles. The molecule has 2 aromatic rings. The van der Waals surface area contributed by atoms with Crippen molar-refractivity contribution in [3.63, 3.8) is 0 Å². The summed E-state index contributed by atoms with van der Waals surface area (Å²) in [4.78, 5) is 14.2. The lowest BCUT2D eigenvalue weighted by Crippen LogP contribution is -2.22. The molecule has 1 aliphatic rings. The number of likely N-dealkylation sites (N-methyl/N-ethyl adjacent to an activating group) is 1. The molecule has 0 bridgehead atoms. The van der Waals surface area contributed by atoms with Crippen LogP contribution in [0.25, 0.3) is 6.08 Å². The lowest BCUT2D eigenvalue weighted by atomic mass is 9.99. The van der Waals surface area contributed by atoms with Crippen molar-refractivity contribution in [3.8, 4) is 17.2 Å². The highest BCUT2D eigenvalue weighted by Gasteiger charge is 2.28. The number of nitrogens with zero attached hydrogens (tertiary/aromatic N) is 1. The first kappa shape index (κ1) is 23.2. The number of methoxy groups -OCH3 is 1. The van der Waals surface area contributed by atoms with Crippen molar-refractivity contribution in [2.45, 2.75) is 26.2 Å². The van der Waals surface area contributed by atoms with Gasteiger partial charge in [0.1, 0.15) is 23.3 Å². The highest BCUT2D eigenvalue weighted by atomic mass is 32.2. The Bertz CT molecular complexity index is 972. The molecule has 0 radical (unpaired) electrons. The first-order valence-electron chi connectivity index (χ1n) is 10.2. The van der Waals surface area contributed by atoms with Gasteiger partial charge >= 0.3 is 0 Å². The molecule has 1 heterocycles. The summed E-state index contributed by atoms with van der Waals surface area (Å²) in [6.45, 7) is 5.21. The molecule has 1 fully saturated rings. The van der Waals surface area contributed by atoms with Gasteiger partial charge in [-0.25, -0.2) is 0 Å². The molecule has 0 aromatic heterocycles. The number of carbonyl (C=O) groups is 1. The number of amides is 1. The molecule has 0 N–H and O–H groups in total. The van der Waals surface area contributed by atoms with Crippen LogP contribution in [0.15, 0.2) is 47.4 Å². The monoisotopic (exact) mass is 457 g/mol. The molecular formula is C24H27NO4S2. The minimum atomic E-state index is -0.0939. The van der Waals surface area contributed by atoms with Crippen molar-refractivity contribution in [2.24, 2.45) is 0 Å². The molecule has 0 aliphatic carbocycles. The Hall–Kier alpha value is -2.51. The molecule has 2 aromatic carbocycles. The van der Waals surface area contributed by atoms with Crippen LogP contribution in [0.5, 0.6) is 17.2 Å². The van der Waals surface area contributed by atoms with Crippen LogP contribution in [0.2, 0.25) is 0 Å². The second kappa shape index (κ2) is 10.7. The van der Waals surface area contributed by atoms with Crippen LogP contribution in [-0.4, -0.2) is 42.5 Å². The van der Waals surface area contributed by atoms with E-state index >= 15 is 0 Å². The molecular weight excluding hydrogens is 430 g/mol. The molecule has 7 heteroatoms. The minimum Gasteiger partial charge on any atom is -0.493 e. The number of carbonyl (C=O) groups excluding carboxylic acids is 1. The molecule has 31 heavy (non-hydrogen) atoms. The summed E-state index contributed by atoms with van der Waals surface area (Å²) in [5.74, 6) is 2.50. The first-order valence-corrected chi connectivity index (χ1v) is 11.4. The molecule has 5 nitrogen and oxygen atoms in total. The van der Waals surface area contributed by atoms with Crippen LogP contribution in [0, 0.1) is 0 Å². The molecule has 164 valence electrons. The van der Waals surface area contributed by atoms with Gasteiger partial charge in [0.25, 0.3) is 5.91 Å². The molecule has 1 saturated heterocycles. The zero-order chi connectivity index (χ0) is 22.4. The second-order valence-electron chi connectivity index (χ2n) is 7.23. The highest BCUT2D eigenvalue weighted by molar-refractivity contribution is 8.26. The number of thiocarbonyl (C=S) groups is 1. The summed E-state index contributed by atoms with van der Waals surface area (Å²) in [6.07, 6.45) is 2.92. The predicted octanol–water partition coefficient (Wildman–Crippen LogP) is 5.50. The summed E-state index contributed by atoms with van der Waals surface area (Å²) < 4.78 is 17.6. The Kier molecular flexibility index (Phi) is 7.98. The molecule has 0 spiro atoms. The van der Waals surface area contributed by atoms with Crippen LogP contribution in [-0.2, 0) is 4.79 Å². The van der Waals surface area contributed by atoms with Crippen LogP contribution in [0.4, 0.5) is 0 Å². The van der Waals surface area contributed by atoms with Crippen molar-refractivity contribution in [1.29, 1.82) is 0 Å². The van der Waals surface area contributed by atoms with Gasteiger partial charge in [-0.05, 0) is 53.8 Å². The predicted molar refractivity (Wildman–Crippen MR) is 130 cm³/mol. The van der Waals surface area contributed by atoms with Crippen LogP contribution >= 0.6 is 24.0 Å².